The van der Waals surface area contributed by atoms with Crippen molar-refractivity contribution in [1.82, 2.24) is 14.5 Å². The topological polar surface area (TPSA) is 76.9 Å². The van der Waals surface area contributed by atoms with Crippen molar-refractivity contribution in [3.63, 3.8) is 0 Å². The largest absolute Gasteiger partial charge is 0.324 e. The van der Waals surface area contributed by atoms with Gasteiger partial charge in [0.25, 0.3) is 5.56 Å². The molecule has 0 saturated heterocycles. The van der Waals surface area contributed by atoms with Crippen molar-refractivity contribution in [2.75, 3.05) is 5.32 Å². The first kappa shape index (κ1) is 16.4. The molecule has 3 aromatic heterocycles. The third-order valence-electron chi connectivity index (χ3n) is 4.38. The van der Waals surface area contributed by atoms with Gasteiger partial charge < -0.3 is 5.32 Å². The maximum atomic E-state index is 12.9. The Kier molecular flexibility index (Phi) is 4.00. The number of nitrogens with one attached hydrogen (secondary N) is 1. The zero-order chi connectivity index (χ0) is 18.3. The number of hydrogen-bond acceptors (Lipinski definition) is 5. The van der Waals surface area contributed by atoms with E-state index in [9.17, 15) is 9.59 Å². The Hall–Kier alpha value is -3.06. The lowest BCUT2D eigenvalue weighted by molar-refractivity contribution is -0.118. The van der Waals surface area contributed by atoms with Crippen LogP contribution in [0, 0.1) is 6.92 Å². The Morgan fingerprint density at radius 2 is 2.00 bits per heavy atom. The molecule has 26 heavy (non-hydrogen) atoms. The molecule has 0 aliphatic carbocycles. The molecule has 0 fully saturated rings. The summed E-state index contributed by atoms with van der Waals surface area (Å²) in [5.41, 5.74) is 2.10. The quantitative estimate of drug-likeness (QED) is 0.603. The Morgan fingerprint density at radius 3 is 2.81 bits per heavy atom. The molecule has 1 atom stereocenters. The molecule has 6 nitrogen and oxygen atoms in total. The second-order valence-electron chi connectivity index (χ2n) is 6.07. The number of amides is 1. The Morgan fingerprint density at radius 1 is 1.19 bits per heavy atom. The van der Waals surface area contributed by atoms with Gasteiger partial charge in [0.05, 0.1) is 11.8 Å². The number of fused-ring (bicyclic) bond motifs is 3. The summed E-state index contributed by atoms with van der Waals surface area (Å²) in [7, 11) is 0. The number of carbonyl (C=O) groups excluding carboxylic acids is 1. The fraction of sp³-hybridized carbons (Fsp3) is 0.158. The third-order valence-corrected chi connectivity index (χ3v) is 5.47. The molecule has 0 radical (unpaired) electrons. The second-order valence-corrected chi connectivity index (χ2v) is 7.07. The number of rotatable bonds is 3. The molecule has 130 valence electrons. The number of nitrogens with zero attached hydrogens (tertiary/aromatic N) is 3. The van der Waals surface area contributed by atoms with Gasteiger partial charge in [0.15, 0.2) is 0 Å². The summed E-state index contributed by atoms with van der Waals surface area (Å²) in [6.45, 7) is 3.61. The average molecular weight is 364 g/mol. The minimum Gasteiger partial charge on any atom is -0.324 e. The highest BCUT2D eigenvalue weighted by molar-refractivity contribution is 7.25. The van der Waals surface area contributed by atoms with Gasteiger partial charge >= 0.3 is 0 Å². The molecule has 4 aromatic rings. The van der Waals surface area contributed by atoms with Crippen LogP contribution in [0.2, 0.25) is 0 Å². The molecule has 0 saturated carbocycles. The summed E-state index contributed by atoms with van der Waals surface area (Å²) in [5, 5.41) is 3.73. The van der Waals surface area contributed by atoms with Crippen molar-refractivity contribution in [3.05, 3.63) is 64.8 Å². The highest BCUT2D eigenvalue weighted by Gasteiger charge is 2.20. The molecule has 0 unspecified atom stereocenters. The van der Waals surface area contributed by atoms with Crippen molar-refractivity contribution in [3.8, 4) is 0 Å². The van der Waals surface area contributed by atoms with Crippen LogP contribution in [-0.2, 0) is 4.79 Å². The van der Waals surface area contributed by atoms with E-state index in [-0.39, 0.29) is 11.5 Å². The van der Waals surface area contributed by atoms with E-state index in [1.54, 1.807) is 13.1 Å². The monoisotopic (exact) mass is 364 g/mol. The van der Waals surface area contributed by atoms with E-state index >= 15 is 0 Å². The van der Waals surface area contributed by atoms with Gasteiger partial charge in [-0.25, -0.2) is 9.97 Å². The standard InChI is InChI=1S/C19H16N4O2S/c1-11-6-3-4-8-14(11)22-17(24)12(2)23-10-21-15-13-7-5-9-20-18(13)26-16(15)19(23)25/h3-10,12H,1-2H3,(H,22,24)/t12-/m1/s1. The third kappa shape index (κ3) is 2.66. The minimum absolute atomic E-state index is 0.231. The predicted molar refractivity (Wildman–Crippen MR) is 104 cm³/mol. The van der Waals surface area contributed by atoms with Gasteiger partial charge in [-0.1, -0.05) is 18.2 Å². The molecule has 1 aromatic carbocycles. The van der Waals surface area contributed by atoms with E-state index in [4.69, 9.17) is 0 Å². The number of benzene rings is 1. The van der Waals surface area contributed by atoms with Gasteiger partial charge in [-0.15, -0.1) is 11.3 Å². The molecule has 1 N–H and O–H groups in total. The number of thiophene rings is 1. The maximum absolute atomic E-state index is 12.9. The summed E-state index contributed by atoms with van der Waals surface area (Å²) < 4.78 is 1.88. The molecule has 0 aliphatic heterocycles. The maximum Gasteiger partial charge on any atom is 0.272 e. The van der Waals surface area contributed by atoms with Crippen LogP contribution in [0.4, 0.5) is 5.69 Å². The molecule has 3 heterocycles. The Bertz CT molecular complexity index is 1200. The number of aryl methyl sites for hydroxylation is 1. The van der Waals surface area contributed by atoms with E-state index in [1.165, 1.54) is 22.2 Å². The lowest BCUT2D eigenvalue weighted by Crippen LogP contribution is -2.31. The van der Waals surface area contributed by atoms with Gasteiger partial charge in [-0.3, -0.25) is 14.2 Å². The van der Waals surface area contributed by atoms with Crippen LogP contribution in [0.1, 0.15) is 18.5 Å². The van der Waals surface area contributed by atoms with Gasteiger partial charge in [-0.2, -0.15) is 0 Å². The van der Waals surface area contributed by atoms with Crippen LogP contribution < -0.4 is 10.9 Å². The lowest BCUT2D eigenvalue weighted by atomic mass is 10.2. The molecule has 0 spiro atoms. The first-order chi connectivity index (χ1) is 12.6. The number of aromatic nitrogens is 3. The molecule has 0 aliphatic rings. The fourth-order valence-corrected chi connectivity index (χ4v) is 3.87. The van der Waals surface area contributed by atoms with Crippen LogP contribution in [0.5, 0.6) is 0 Å². The van der Waals surface area contributed by atoms with Gasteiger partial charge in [0.1, 0.15) is 15.6 Å². The van der Waals surface area contributed by atoms with Crippen LogP contribution in [0.15, 0.2) is 53.7 Å². The number of hydrogen-bond donors (Lipinski definition) is 1. The average Bonchev–Trinajstić information content (AvgIpc) is 3.03. The van der Waals surface area contributed by atoms with E-state index < -0.39 is 6.04 Å². The number of anilines is 1. The van der Waals surface area contributed by atoms with Crippen LogP contribution in [-0.4, -0.2) is 20.4 Å². The van der Waals surface area contributed by atoms with Gasteiger partial charge in [-0.05, 0) is 37.6 Å². The van der Waals surface area contributed by atoms with Crippen molar-refractivity contribution in [2.24, 2.45) is 0 Å². The van der Waals surface area contributed by atoms with E-state index in [0.717, 1.165) is 21.5 Å². The van der Waals surface area contributed by atoms with Crippen molar-refractivity contribution in [1.29, 1.82) is 0 Å². The van der Waals surface area contributed by atoms with E-state index in [2.05, 4.69) is 15.3 Å². The summed E-state index contributed by atoms with van der Waals surface area (Å²) in [5.74, 6) is -0.262. The molecule has 4 rings (SSSR count). The summed E-state index contributed by atoms with van der Waals surface area (Å²) >= 11 is 1.30. The first-order valence-corrected chi connectivity index (χ1v) is 8.99. The molecular formula is C19H16N4O2S. The van der Waals surface area contributed by atoms with Crippen molar-refractivity contribution < 1.29 is 4.79 Å². The SMILES string of the molecule is Cc1ccccc1NC(=O)[C@@H](C)n1cnc2c(sc3ncccc32)c1=O. The summed E-state index contributed by atoms with van der Waals surface area (Å²) in [6.07, 6.45) is 3.13. The van der Waals surface area contributed by atoms with Crippen LogP contribution >= 0.6 is 11.3 Å². The minimum atomic E-state index is -0.683. The van der Waals surface area contributed by atoms with Gasteiger partial charge in [0, 0.05) is 17.3 Å². The van der Waals surface area contributed by atoms with Gasteiger partial charge in [0.2, 0.25) is 5.91 Å². The number of para-hydroxylation sites is 1. The molecule has 0 bridgehead atoms. The molecule has 1 amide bonds. The van der Waals surface area contributed by atoms with E-state index in [1.807, 2.05) is 43.3 Å². The smallest absolute Gasteiger partial charge is 0.272 e. The molecule has 7 heteroatoms. The van der Waals surface area contributed by atoms with Crippen LogP contribution in [0.25, 0.3) is 20.4 Å². The Balaban J connectivity index is 1.73. The first-order valence-electron chi connectivity index (χ1n) is 8.17. The fourth-order valence-electron chi connectivity index (χ4n) is 2.83. The van der Waals surface area contributed by atoms with Crippen molar-refractivity contribution >= 4 is 43.4 Å². The lowest BCUT2D eigenvalue weighted by Gasteiger charge is -2.15. The number of pyridine rings is 1. The van der Waals surface area contributed by atoms with E-state index in [0.29, 0.717) is 10.2 Å². The normalized spacial score (nSPS) is 12.4. The zero-order valence-electron chi connectivity index (χ0n) is 14.3. The Labute approximate surface area is 153 Å². The number of carbonyl (C=O) groups is 1. The predicted octanol–water partition coefficient (Wildman–Crippen LogP) is 3.51. The molecular weight excluding hydrogens is 348 g/mol. The summed E-state index contributed by atoms with van der Waals surface area (Å²) in [6, 6.07) is 10.6. The van der Waals surface area contributed by atoms with Crippen LogP contribution in [0.3, 0.4) is 0 Å². The zero-order valence-corrected chi connectivity index (χ0v) is 15.1. The summed E-state index contributed by atoms with van der Waals surface area (Å²) in [4.78, 5) is 35.0. The highest BCUT2D eigenvalue weighted by atomic mass is 32.1. The highest BCUT2D eigenvalue weighted by Crippen LogP contribution is 2.28. The van der Waals surface area contributed by atoms with Crippen molar-refractivity contribution in [2.45, 2.75) is 19.9 Å². The second kappa shape index (κ2) is 6.34.